The van der Waals surface area contributed by atoms with Gasteiger partial charge in [-0.2, -0.15) is 4.31 Å². The number of anilines is 2. The third-order valence-electron chi connectivity index (χ3n) is 6.05. The van der Waals surface area contributed by atoms with Gasteiger partial charge in [0.25, 0.3) is 0 Å². The highest BCUT2D eigenvalue weighted by Crippen LogP contribution is 2.23. The van der Waals surface area contributed by atoms with E-state index in [0.29, 0.717) is 31.9 Å². The van der Waals surface area contributed by atoms with Gasteiger partial charge in [-0.25, -0.2) is 8.42 Å². The summed E-state index contributed by atoms with van der Waals surface area (Å²) in [5.74, 6) is 0.832. The van der Waals surface area contributed by atoms with E-state index >= 15 is 0 Å². The van der Waals surface area contributed by atoms with Crippen molar-refractivity contribution in [2.45, 2.75) is 17.7 Å². The van der Waals surface area contributed by atoms with Gasteiger partial charge in [-0.1, -0.05) is 6.07 Å². The van der Waals surface area contributed by atoms with E-state index in [1.807, 2.05) is 29.2 Å². The minimum Gasteiger partial charge on any atom is -0.497 e. The van der Waals surface area contributed by atoms with E-state index in [1.165, 1.54) is 4.31 Å². The zero-order chi connectivity index (χ0) is 22.6. The monoisotopic (exact) mass is 458 g/mol. The SMILES string of the molecule is COc1ccc(N2CCN(C(=O)CNc3cccc(S(=O)(=O)N4CCCC4)c3)CC2)cc1. The van der Waals surface area contributed by atoms with Crippen molar-refractivity contribution in [3.8, 4) is 5.75 Å². The first-order chi connectivity index (χ1) is 15.5. The van der Waals surface area contributed by atoms with Crippen LogP contribution < -0.4 is 15.0 Å². The lowest BCUT2D eigenvalue weighted by atomic mass is 10.2. The number of rotatable bonds is 7. The number of hydrogen-bond donors (Lipinski definition) is 1. The lowest BCUT2D eigenvalue weighted by molar-refractivity contribution is -0.129. The van der Waals surface area contributed by atoms with Crippen molar-refractivity contribution in [1.29, 1.82) is 0 Å². The third-order valence-corrected chi connectivity index (χ3v) is 7.95. The van der Waals surface area contributed by atoms with Gasteiger partial charge in [-0.05, 0) is 55.3 Å². The smallest absolute Gasteiger partial charge is 0.243 e. The van der Waals surface area contributed by atoms with Crippen LogP contribution in [0.5, 0.6) is 5.75 Å². The van der Waals surface area contributed by atoms with Crippen molar-refractivity contribution in [2.75, 3.05) is 63.1 Å². The molecule has 0 radical (unpaired) electrons. The second-order valence-corrected chi connectivity index (χ2v) is 10.00. The summed E-state index contributed by atoms with van der Waals surface area (Å²) >= 11 is 0. The molecule has 9 heteroatoms. The molecular weight excluding hydrogens is 428 g/mol. The zero-order valence-electron chi connectivity index (χ0n) is 18.4. The number of carbonyl (C=O) groups excluding carboxylic acids is 1. The Morgan fingerprint density at radius 3 is 2.31 bits per heavy atom. The van der Waals surface area contributed by atoms with Crippen molar-refractivity contribution in [1.82, 2.24) is 9.21 Å². The largest absolute Gasteiger partial charge is 0.497 e. The Bertz CT molecular complexity index is 1030. The summed E-state index contributed by atoms with van der Waals surface area (Å²) in [5, 5.41) is 3.10. The molecule has 2 aromatic carbocycles. The van der Waals surface area contributed by atoms with Gasteiger partial charge in [0.1, 0.15) is 5.75 Å². The van der Waals surface area contributed by atoms with Crippen LogP contribution in [0.3, 0.4) is 0 Å². The Kier molecular flexibility index (Phi) is 6.86. The number of amides is 1. The number of sulfonamides is 1. The number of piperazine rings is 1. The second-order valence-electron chi connectivity index (χ2n) is 8.06. The number of ether oxygens (including phenoxy) is 1. The first-order valence-electron chi connectivity index (χ1n) is 11.0. The summed E-state index contributed by atoms with van der Waals surface area (Å²) in [6.07, 6.45) is 1.80. The Hall–Kier alpha value is -2.78. The molecule has 0 spiro atoms. The van der Waals surface area contributed by atoms with Crippen molar-refractivity contribution in [3.05, 3.63) is 48.5 Å². The summed E-state index contributed by atoms with van der Waals surface area (Å²) in [6.45, 7) is 4.10. The predicted octanol–water partition coefficient (Wildman–Crippen LogP) is 2.24. The highest BCUT2D eigenvalue weighted by Gasteiger charge is 2.27. The second kappa shape index (κ2) is 9.79. The highest BCUT2D eigenvalue weighted by atomic mass is 32.2. The van der Waals surface area contributed by atoms with Crippen LogP contribution in [0.15, 0.2) is 53.4 Å². The fourth-order valence-electron chi connectivity index (χ4n) is 4.14. The van der Waals surface area contributed by atoms with Crippen LogP contribution in [0.2, 0.25) is 0 Å². The summed E-state index contributed by atoms with van der Waals surface area (Å²) in [6, 6.07) is 14.7. The molecule has 2 fully saturated rings. The quantitative estimate of drug-likeness (QED) is 0.685. The molecule has 2 aliphatic heterocycles. The normalized spacial score (nSPS) is 17.4. The summed E-state index contributed by atoms with van der Waals surface area (Å²) in [5.41, 5.74) is 1.75. The number of nitrogens with zero attached hydrogens (tertiary/aromatic N) is 3. The van der Waals surface area contributed by atoms with E-state index in [-0.39, 0.29) is 17.3 Å². The van der Waals surface area contributed by atoms with Gasteiger partial charge < -0.3 is 19.9 Å². The van der Waals surface area contributed by atoms with E-state index in [1.54, 1.807) is 31.4 Å². The van der Waals surface area contributed by atoms with Crippen LogP contribution in [-0.2, 0) is 14.8 Å². The van der Waals surface area contributed by atoms with Gasteiger partial charge in [-0.15, -0.1) is 0 Å². The minimum absolute atomic E-state index is 0.00665. The topological polar surface area (TPSA) is 82.2 Å². The standard InChI is InChI=1S/C23H30N4O4S/c1-31-21-9-7-20(8-10-21)25-13-15-26(16-14-25)23(28)18-24-19-5-4-6-22(17-19)32(29,30)27-11-2-3-12-27/h4-10,17,24H,2-3,11-16,18H2,1H3. The Morgan fingerprint density at radius 1 is 0.969 bits per heavy atom. The number of carbonyl (C=O) groups is 1. The molecule has 8 nitrogen and oxygen atoms in total. The molecule has 4 rings (SSSR count). The average Bonchev–Trinajstić information content (AvgIpc) is 3.39. The van der Waals surface area contributed by atoms with Gasteiger partial charge in [0.15, 0.2) is 0 Å². The molecule has 172 valence electrons. The summed E-state index contributed by atoms with van der Waals surface area (Å²) in [7, 11) is -1.82. The van der Waals surface area contributed by atoms with Gasteiger partial charge >= 0.3 is 0 Å². The van der Waals surface area contributed by atoms with Gasteiger partial charge in [-0.3, -0.25) is 4.79 Å². The fourth-order valence-corrected chi connectivity index (χ4v) is 5.70. The van der Waals surface area contributed by atoms with Gasteiger partial charge in [0.2, 0.25) is 15.9 Å². The van der Waals surface area contributed by atoms with E-state index in [0.717, 1.165) is 37.4 Å². The van der Waals surface area contributed by atoms with E-state index in [4.69, 9.17) is 4.74 Å². The van der Waals surface area contributed by atoms with Crippen LogP contribution in [-0.4, -0.2) is 76.5 Å². The van der Waals surface area contributed by atoms with Gasteiger partial charge in [0.05, 0.1) is 18.6 Å². The average molecular weight is 459 g/mol. The summed E-state index contributed by atoms with van der Waals surface area (Å²) < 4.78 is 32.3. The molecule has 0 aromatic heterocycles. The van der Waals surface area contributed by atoms with Crippen molar-refractivity contribution in [3.63, 3.8) is 0 Å². The van der Waals surface area contributed by atoms with Crippen molar-refractivity contribution < 1.29 is 17.9 Å². The Morgan fingerprint density at radius 2 is 1.66 bits per heavy atom. The number of hydrogen-bond acceptors (Lipinski definition) is 6. The van der Waals surface area contributed by atoms with Crippen molar-refractivity contribution in [2.24, 2.45) is 0 Å². The van der Waals surface area contributed by atoms with E-state index in [9.17, 15) is 13.2 Å². The molecule has 0 aliphatic carbocycles. The lowest BCUT2D eigenvalue weighted by Gasteiger charge is -2.36. The molecule has 1 amide bonds. The summed E-state index contributed by atoms with van der Waals surface area (Å²) in [4.78, 5) is 17.1. The number of benzene rings is 2. The molecule has 0 bridgehead atoms. The van der Waals surface area contributed by atoms with Gasteiger partial charge in [0, 0.05) is 50.6 Å². The van der Waals surface area contributed by atoms with Crippen LogP contribution in [0.4, 0.5) is 11.4 Å². The van der Waals surface area contributed by atoms with Crippen LogP contribution in [0.1, 0.15) is 12.8 Å². The molecular formula is C23H30N4O4S. The number of nitrogens with one attached hydrogen (secondary N) is 1. The molecule has 2 aliphatic rings. The van der Waals surface area contributed by atoms with Crippen LogP contribution in [0.25, 0.3) is 0 Å². The van der Waals surface area contributed by atoms with Crippen molar-refractivity contribution >= 4 is 27.3 Å². The maximum Gasteiger partial charge on any atom is 0.243 e. The van der Waals surface area contributed by atoms with Crippen LogP contribution in [0, 0.1) is 0 Å². The highest BCUT2D eigenvalue weighted by molar-refractivity contribution is 7.89. The molecule has 2 aromatic rings. The first kappa shape index (κ1) is 22.4. The molecule has 2 saturated heterocycles. The zero-order valence-corrected chi connectivity index (χ0v) is 19.2. The van der Waals surface area contributed by atoms with E-state index in [2.05, 4.69) is 10.2 Å². The third kappa shape index (κ3) is 4.99. The maximum atomic E-state index is 12.8. The molecule has 0 saturated carbocycles. The fraction of sp³-hybridized carbons (Fsp3) is 0.435. The first-order valence-corrected chi connectivity index (χ1v) is 12.4. The molecule has 1 N–H and O–H groups in total. The van der Waals surface area contributed by atoms with E-state index < -0.39 is 10.0 Å². The molecule has 0 unspecified atom stereocenters. The molecule has 32 heavy (non-hydrogen) atoms. The predicted molar refractivity (Wildman–Crippen MR) is 125 cm³/mol. The minimum atomic E-state index is -3.47. The number of methoxy groups -OCH3 is 1. The molecule has 0 atom stereocenters. The Balaban J connectivity index is 1.30. The lowest BCUT2D eigenvalue weighted by Crippen LogP contribution is -2.50. The molecule has 2 heterocycles. The maximum absolute atomic E-state index is 12.8. The Labute approximate surface area is 189 Å². The van der Waals surface area contributed by atoms with Crippen LogP contribution >= 0.6 is 0 Å².